The zero-order chi connectivity index (χ0) is 20.9. The Hall–Kier alpha value is -2.52. The predicted octanol–water partition coefficient (Wildman–Crippen LogP) is 2.39. The molecule has 9 heteroatoms. The summed E-state index contributed by atoms with van der Waals surface area (Å²) in [4.78, 5) is 28.6. The highest BCUT2D eigenvalue weighted by molar-refractivity contribution is 7.13. The summed E-state index contributed by atoms with van der Waals surface area (Å²) >= 11 is 1.56. The molecule has 4 rings (SSSR count). The van der Waals surface area contributed by atoms with Crippen LogP contribution >= 0.6 is 11.3 Å². The number of nitrogens with zero attached hydrogens (tertiary/aromatic N) is 5. The molecule has 0 aromatic carbocycles. The van der Waals surface area contributed by atoms with Crippen LogP contribution in [-0.4, -0.2) is 55.9 Å². The molecule has 0 unspecified atom stereocenters. The number of nitrogens with one attached hydrogen (secondary N) is 1. The maximum Gasteiger partial charge on any atom is 0.293 e. The van der Waals surface area contributed by atoms with Gasteiger partial charge in [0.15, 0.2) is 0 Å². The highest BCUT2D eigenvalue weighted by atomic mass is 32.1. The molecular weight excluding hydrogens is 400 g/mol. The summed E-state index contributed by atoms with van der Waals surface area (Å²) in [5.74, 6) is -0.197. The lowest BCUT2D eigenvalue weighted by molar-refractivity contribution is -0.121. The molecule has 0 bridgehead atoms. The number of carbonyl (C=O) groups is 1. The van der Waals surface area contributed by atoms with Crippen molar-refractivity contribution in [3.63, 3.8) is 0 Å². The summed E-state index contributed by atoms with van der Waals surface area (Å²) in [6.07, 6.45) is 7.44. The molecule has 0 aliphatic carbocycles. The van der Waals surface area contributed by atoms with E-state index in [1.54, 1.807) is 17.4 Å². The maximum atomic E-state index is 12.7. The van der Waals surface area contributed by atoms with Crippen LogP contribution in [0.1, 0.15) is 39.0 Å². The van der Waals surface area contributed by atoms with Crippen LogP contribution in [0.5, 0.6) is 0 Å². The predicted molar refractivity (Wildman–Crippen MR) is 118 cm³/mol. The quantitative estimate of drug-likeness (QED) is 0.557. The zero-order valence-electron chi connectivity index (χ0n) is 17.3. The molecule has 160 valence electrons. The Morgan fingerprint density at radius 3 is 3.07 bits per heavy atom. The molecule has 0 spiro atoms. The molecular formula is C21H28N6O2S. The Morgan fingerprint density at radius 2 is 2.27 bits per heavy atom. The SMILES string of the molecule is CC[C@H]1CCCCN1CCCNC(=O)Cn1ncn2nc(-c3cccs3)cc2c1=O. The summed E-state index contributed by atoms with van der Waals surface area (Å²) in [5.41, 5.74) is 0.827. The second-order valence-electron chi connectivity index (χ2n) is 7.73. The normalized spacial score (nSPS) is 17.4. The van der Waals surface area contributed by atoms with Gasteiger partial charge in [0.2, 0.25) is 5.91 Å². The Labute approximate surface area is 179 Å². The van der Waals surface area contributed by atoms with E-state index in [9.17, 15) is 9.59 Å². The van der Waals surface area contributed by atoms with Gasteiger partial charge < -0.3 is 10.2 Å². The highest BCUT2D eigenvalue weighted by Crippen LogP contribution is 2.23. The standard InChI is InChI=1S/C21H28N6O2S/c1-2-16-7-3-4-10-25(16)11-6-9-22-20(28)14-26-21(29)18-13-17(19-8-5-12-30-19)24-27(18)15-23-26/h5,8,12-13,15-16H,2-4,6-7,9-11,14H2,1H3,(H,22,28)/t16-/m0/s1. The lowest BCUT2D eigenvalue weighted by Crippen LogP contribution is -2.41. The van der Waals surface area contributed by atoms with Crippen LogP contribution in [0, 0.1) is 0 Å². The van der Waals surface area contributed by atoms with Gasteiger partial charge in [0, 0.05) is 19.1 Å². The molecule has 3 aromatic heterocycles. The number of amides is 1. The third-order valence-corrected chi connectivity index (χ3v) is 6.61. The van der Waals surface area contributed by atoms with Crippen LogP contribution in [0.25, 0.3) is 16.1 Å². The van der Waals surface area contributed by atoms with Gasteiger partial charge in [-0.05, 0) is 49.7 Å². The van der Waals surface area contributed by atoms with Gasteiger partial charge in [0.25, 0.3) is 5.56 Å². The molecule has 0 radical (unpaired) electrons. The fourth-order valence-electron chi connectivity index (χ4n) is 4.11. The third-order valence-electron chi connectivity index (χ3n) is 5.72. The molecule has 4 heterocycles. The van der Waals surface area contributed by atoms with Crippen molar-refractivity contribution in [2.24, 2.45) is 0 Å². The lowest BCUT2D eigenvalue weighted by Gasteiger charge is -2.35. The summed E-state index contributed by atoms with van der Waals surface area (Å²) < 4.78 is 2.66. The Bertz CT molecular complexity index is 1040. The van der Waals surface area contributed by atoms with E-state index in [4.69, 9.17) is 0 Å². The smallest absolute Gasteiger partial charge is 0.293 e. The van der Waals surface area contributed by atoms with Gasteiger partial charge in [-0.15, -0.1) is 11.3 Å². The molecule has 3 aromatic rings. The summed E-state index contributed by atoms with van der Waals surface area (Å²) in [6.45, 7) is 4.93. The Morgan fingerprint density at radius 1 is 1.37 bits per heavy atom. The number of hydrogen-bond donors (Lipinski definition) is 1. The van der Waals surface area contributed by atoms with Gasteiger partial charge in [-0.1, -0.05) is 19.4 Å². The van der Waals surface area contributed by atoms with E-state index >= 15 is 0 Å². The van der Waals surface area contributed by atoms with E-state index in [1.165, 1.54) is 41.2 Å². The summed E-state index contributed by atoms with van der Waals surface area (Å²) in [6, 6.07) is 6.32. The van der Waals surface area contributed by atoms with E-state index in [-0.39, 0.29) is 18.0 Å². The second kappa shape index (κ2) is 9.53. The number of fused-ring (bicyclic) bond motifs is 1. The van der Waals surface area contributed by atoms with Crippen LogP contribution < -0.4 is 10.9 Å². The average Bonchev–Trinajstić information content (AvgIpc) is 3.43. The van der Waals surface area contributed by atoms with Crippen LogP contribution in [-0.2, 0) is 11.3 Å². The Kier molecular flexibility index (Phi) is 6.59. The van der Waals surface area contributed by atoms with Crippen LogP contribution in [0.15, 0.2) is 34.7 Å². The summed E-state index contributed by atoms with van der Waals surface area (Å²) in [7, 11) is 0. The number of carbonyl (C=O) groups excluding carboxylic acids is 1. The molecule has 1 aliphatic rings. The number of thiophene rings is 1. The molecule has 0 saturated carbocycles. The minimum absolute atomic E-state index is 0.0872. The fraction of sp³-hybridized carbons (Fsp3) is 0.524. The molecule has 1 atom stereocenters. The van der Waals surface area contributed by atoms with Gasteiger partial charge in [-0.2, -0.15) is 10.2 Å². The van der Waals surface area contributed by atoms with Crippen LogP contribution in [0.4, 0.5) is 0 Å². The number of likely N-dealkylation sites (tertiary alicyclic amines) is 1. The number of hydrogen-bond acceptors (Lipinski definition) is 6. The van der Waals surface area contributed by atoms with Crippen LogP contribution in [0.2, 0.25) is 0 Å². The van der Waals surface area contributed by atoms with Gasteiger partial charge in [-0.3, -0.25) is 9.59 Å². The van der Waals surface area contributed by atoms with Crippen LogP contribution in [0.3, 0.4) is 0 Å². The molecule has 30 heavy (non-hydrogen) atoms. The molecule has 1 aliphatic heterocycles. The first-order valence-corrected chi connectivity index (χ1v) is 11.5. The molecule has 1 fully saturated rings. The van der Waals surface area contributed by atoms with Gasteiger partial charge in [0.1, 0.15) is 24.1 Å². The highest BCUT2D eigenvalue weighted by Gasteiger charge is 2.20. The second-order valence-corrected chi connectivity index (χ2v) is 8.68. The van der Waals surface area contributed by atoms with Crippen molar-refractivity contribution >= 4 is 22.8 Å². The van der Waals surface area contributed by atoms with E-state index in [0.29, 0.717) is 18.1 Å². The van der Waals surface area contributed by atoms with Gasteiger partial charge in [-0.25, -0.2) is 9.20 Å². The monoisotopic (exact) mass is 428 g/mol. The van der Waals surface area contributed by atoms with Crippen molar-refractivity contribution in [2.75, 3.05) is 19.6 Å². The molecule has 1 amide bonds. The van der Waals surface area contributed by atoms with Gasteiger partial charge >= 0.3 is 0 Å². The van der Waals surface area contributed by atoms with Crippen molar-refractivity contribution in [3.8, 4) is 10.6 Å². The fourth-order valence-corrected chi connectivity index (χ4v) is 4.80. The van der Waals surface area contributed by atoms with E-state index in [0.717, 1.165) is 30.1 Å². The minimum Gasteiger partial charge on any atom is -0.354 e. The Balaban J connectivity index is 1.32. The van der Waals surface area contributed by atoms with Crippen molar-refractivity contribution in [3.05, 3.63) is 40.3 Å². The summed E-state index contributed by atoms with van der Waals surface area (Å²) in [5, 5.41) is 13.4. The average molecular weight is 429 g/mol. The molecule has 1 N–H and O–H groups in total. The topological polar surface area (TPSA) is 84.5 Å². The maximum absolute atomic E-state index is 12.7. The first-order valence-electron chi connectivity index (χ1n) is 10.7. The molecule has 8 nitrogen and oxygen atoms in total. The van der Waals surface area contributed by atoms with Crippen molar-refractivity contribution in [1.82, 2.24) is 29.6 Å². The largest absolute Gasteiger partial charge is 0.354 e. The van der Waals surface area contributed by atoms with E-state index < -0.39 is 0 Å². The van der Waals surface area contributed by atoms with E-state index in [2.05, 4.69) is 27.3 Å². The first-order chi connectivity index (χ1) is 14.7. The lowest BCUT2D eigenvalue weighted by atomic mass is 10.00. The number of piperidine rings is 1. The van der Waals surface area contributed by atoms with Crippen molar-refractivity contribution in [2.45, 2.75) is 51.6 Å². The third kappa shape index (κ3) is 4.62. The molecule has 1 saturated heterocycles. The number of aromatic nitrogens is 4. The van der Waals surface area contributed by atoms with Crippen molar-refractivity contribution in [1.29, 1.82) is 0 Å². The first kappa shape index (κ1) is 20.7. The van der Waals surface area contributed by atoms with Gasteiger partial charge in [0.05, 0.1) is 4.88 Å². The van der Waals surface area contributed by atoms with Crippen molar-refractivity contribution < 1.29 is 4.79 Å². The minimum atomic E-state index is -0.318. The zero-order valence-corrected chi connectivity index (χ0v) is 18.1. The number of rotatable bonds is 8. The van der Waals surface area contributed by atoms with E-state index in [1.807, 2.05) is 17.5 Å².